The van der Waals surface area contributed by atoms with Crippen LogP contribution in [0.2, 0.25) is 0 Å². The maximum absolute atomic E-state index is 12.1. The fraction of sp³-hybridized carbons (Fsp3) is 0.231. The first-order valence-corrected chi connectivity index (χ1v) is 6.87. The van der Waals surface area contributed by atoms with Crippen molar-refractivity contribution in [2.75, 3.05) is 5.43 Å². The van der Waals surface area contributed by atoms with Crippen molar-refractivity contribution in [2.45, 2.75) is 19.4 Å². The van der Waals surface area contributed by atoms with Crippen LogP contribution < -0.4 is 16.6 Å². The minimum Gasteiger partial charge on any atom is -0.349 e. The van der Waals surface area contributed by atoms with Gasteiger partial charge >= 0.3 is 0 Å². The molecule has 1 atom stereocenters. The smallest absolute Gasteiger partial charge is 0.255 e. The van der Waals surface area contributed by atoms with Gasteiger partial charge in [-0.05, 0) is 41.8 Å². The Bertz CT molecular complexity index is 541. The fourth-order valence-corrected chi connectivity index (χ4v) is 2.50. The van der Waals surface area contributed by atoms with Crippen molar-refractivity contribution < 1.29 is 4.79 Å². The normalized spacial score (nSPS) is 11.9. The molecule has 1 unspecified atom stereocenters. The van der Waals surface area contributed by atoms with E-state index < -0.39 is 0 Å². The highest BCUT2D eigenvalue weighted by molar-refractivity contribution is 7.07. The lowest BCUT2D eigenvalue weighted by atomic mass is 10.1. The number of nitrogens with one attached hydrogen (secondary N) is 2. The highest BCUT2D eigenvalue weighted by Crippen LogP contribution is 2.13. The molecule has 1 amide bonds. The number of amides is 1. The van der Waals surface area contributed by atoms with Crippen LogP contribution in [0.4, 0.5) is 5.69 Å². The number of hydrogen-bond acceptors (Lipinski definition) is 5. The molecule has 0 saturated heterocycles. The van der Waals surface area contributed by atoms with Crippen LogP contribution in [-0.4, -0.2) is 16.9 Å². The summed E-state index contributed by atoms with van der Waals surface area (Å²) in [5.74, 6) is 5.20. The molecule has 0 bridgehead atoms. The average molecular weight is 276 g/mol. The molecule has 0 radical (unpaired) electrons. The zero-order chi connectivity index (χ0) is 13.7. The molecule has 0 aromatic carbocycles. The van der Waals surface area contributed by atoms with Gasteiger partial charge < -0.3 is 10.7 Å². The van der Waals surface area contributed by atoms with Crippen molar-refractivity contribution in [2.24, 2.45) is 5.84 Å². The number of hydrazine groups is 1. The van der Waals surface area contributed by atoms with E-state index >= 15 is 0 Å². The van der Waals surface area contributed by atoms with Crippen molar-refractivity contribution in [3.8, 4) is 0 Å². The van der Waals surface area contributed by atoms with Gasteiger partial charge in [0.1, 0.15) is 0 Å². The standard InChI is InChI=1S/C13H16N4OS/c1-9(6-10-3-5-19-8-10)16-13(18)11-7-15-4-2-12(11)17-14/h2-5,7-9H,6,14H2,1H3,(H,15,17)(H,16,18). The highest BCUT2D eigenvalue weighted by Gasteiger charge is 2.14. The largest absolute Gasteiger partial charge is 0.349 e. The molecule has 0 spiro atoms. The van der Waals surface area contributed by atoms with Crippen LogP contribution in [-0.2, 0) is 6.42 Å². The summed E-state index contributed by atoms with van der Waals surface area (Å²) in [4.78, 5) is 16.1. The summed E-state index contributed by atoms with van der Waals surface area (Å²) in [6.45, 7) is 1.97. The third-order valence-electron chi connectivity index (χ3n) is 2.72. The van der Waals surface area contributed by atoms with E-state index in [1.807, 2.05) is 12.3 Å². The summed E-state index contributed by atoms with van der Waals surface area (Å²) in [7, 11) is 0. The summed E-state index contributed by atoms with van der Waals surface area (Å²) in [6.07, 6.45) is 3.89. The van der Waals surface area contributed by atoms with Gasteiger partial charge in [-0.3, -0.25) is 15.6 Å². The molecule has 4 N–H and O–H groups in total. The number of anilines is 1. The van der Waals surface area contributed by atoms with Crippen molar-refractivity contribution in [3.05, 3.63) is 46.4 Å². The van der Waals surface area contributed by atoms with E-state index in [2.05, 4.69) is 27.2 Å². The number of aromatic nitrogens is 1. The van der Waals surface area contributed by atoms with Crippen LogP contribution in [0, 0.1) is 0 Å². The number of nitrogen functional groups attached to an aromatic ring is 1. The molecule has 100 valence electrons. The van der Waals surface area contributed by atoms with E-state index in [0.717, 1.165) is 6.42 Å². The number of hydrogen-bond donors (Lipinski definition) is 3. The van der Waals surface area contributed by atoms with Crippen LogP contribution in [0.5, 0.6) is 0 Å². The van der Waals surface area contributed by atoms with E-state index in [0.29, 0.717) is 11.3 Å². The van der Waals surface area contributed by atoms with Gasteiger partial charge in [0.2, 0.25) is 0 Å². The second-order valence-corrected chi connectivity index (χ2v) is 5.06. The molecule has 6 heteroatoms. The Labute approximate surface area is 115 Å². The molecule has 0 aliphatic rings. The molecule has 2 aromatic rings. The second kappa shape index (κ2) is 6.31. The van der Waals surface area contributed by atoms with E-state index in [1.165, 1.54) is 11.8 Å². The Hall–Kier alpha value is -1.92. The number of nitrogens with zero attached hydrogens (tertiary/aromatic N) is 1. The molecule has 0 aliphatic carbocycles. The molecule has 0 fully saturated rings. The van der Waals surface area contributed by atoms with Gasteiger partial charge in [-0.2, -0.15) is 11.3 Å². The minimum atomic E-state index is -0.177. The molecule has 19 heavy (non-hydrogen) atoms. The number of carbonyl (C=O) groups excluding carboxylic acids is 1. The van der Waals surface area contributed by atoms with E-state index in [-0.39, 0.29) is 11.9 Å². The third kappa shape index (κ3) is 3.52. The van der Waals surface area contributed by atoms with Gasteiger partial charge in [-0.25, -0.2) is 0 Å². The van der Waals surface area contributed by atoms with Crippen LogP contribution in [0.25, 0.3) is 0 Å². The predicted molar refractivity (Wildman–Crippen MR) is 77.0 cm³/mol. The van der Waals surface area contributed by atoms with Gasteiger partial charge in [-0.1, -0.05) is 0 Å². The van der Waals surface area contributed by atoms with Crippen LogP contribution in [0.3, 0.4) is 0 Å². The van der Waals surface area contributed by atoms with E-state index in [1.54, 1.807) is 23.6 Å². The molecular weight excluding hydrogens is 260 g/mol. The number of pyridine rings is 1. The van der Waals surface area contributed by atoms with Gasteiger partial charge in [0, 0.05) is 18.4 Å². The quantitative estimate of drug-likeness (QED) is 0.574. The molecule has 2 rings (SSSR count). The Morgan fingerprint density at radius 1 is 1.53 bits per heavy atom. The fourth-order valence-electron chi connectivity index (χ4n) is 1.82. The number of carbonyl (C=O) groups is 1. The lowest BCUT2D eigenvalue weighted by molar-refractivity contribution is 0.0940. The molecule has 2 heterocycles. The Balaban J connectivity index is 2.00. The first-order chi connectivity index (χ1) is 9.20. The van der Waals surface area contributed by atoms with Gasteiger partial charge in [0.05, 0.1) is 11.3 Å². The predicted octanol–water partition coefficient (Wildman–Crippen LogP) is 1.79. The van der Waals surface area contributed by atoms with Crippen molar-refractivity contribution in [1.29, 1.82) is 0 Å². The second-order valence-electron chi connectivity index (χ2n) is 4.28. The number of nitrogens with two attached hydrogens (primary N) is 1. The van der Waals surface area contributed by atoms with Crippen molar-refractivity contribution in [3.63, 3.8) is 0 Å². The van der Waals surface area contributed by atoms with Gasteiger partial charge in [0.15, 0.2) is 0 Å². The number of thiophene rings is 1. The molecule has 5 nitrogen and oxygen atoms in total. The first kappa shape index (κ1) is 13.5. The number of rotatable bonds is 5. The summed E-state index contributed by atoms with van der Waals surface area (Å²) >= 11 is 1.65. The van der Waals surface area contributed by atoms with Gasteiger partial charge in [0.25, 0.3) is 5.91 Å². The molecule has 0 saturated carbocycles. The SMILES string of the molecule is CC(Cc1ccsc1)NC(=O)c1cnccc1NN. The Kier molecular flexibility index (Phi) is 4.48. The van der Waals surface area contributed by atoms with Crippen LogP contribution in [0.1, 0.15) is 22.8 Å². The molecule has 2 aromatic heterocycles. The van der Waals surface area contributed by atoms with Gasteiger partial charge in [-0.15, -0.1) is 0 Å². The van der Waals surface area contributed by atoms with E-state index in [4.69, 9.17) is 5.84 Å². The Morgan fingerprint density at radius 2 is 2.37 bits per heavy atom. The lowest BCUT2D eigenvalue weighted by Gasteiger charge is -2.14. The monoisotopic (exact) mass is 276 g/mol. The maximum atomic E-state index is 12.1. The van der Waals surface area contributed by atoms with Crippen LogP contribution in [0.15, 0.2) is 35.3 Å². The van der Waals surface area contributed by atoms with E-state index in [9.17, 15) is 4.79 Å². The molecular formula is C13H16N4OS. The summed E-state index contributed by atoms with van der Waals surface area (Å²) in [6, 6.07) is 3.77. The third-order valence-corrected chi connectivity index (χ3v) is 3.45. The average Bonchev–Trinajstić information content (AvgIpc) is 2.91. The summed E-state index contributed by atoms with van der Waals surface area (Å²) in [5, 5.41) is 7.05. The Morgan fingerprint density at radius 3 is 3.05 bits per heavy atom. The topological polar surface area (TPSA) is 80.0 Å². The summed E-state index contributed by atoms with van der Waals surface area (Å²) < 4.78 is 0. The maximum Gasteiger partial charge on any atom is 0.255 e. The zero-order valence-corrected chi connectivity index (χ0v) is 11.4. The first-order valence-electron chi connectivity index (χ1n) is 5.93. The summed E-state index contributed by atoms with van der Waals surface area (Å²) in [5.41, 5.74) is 4.73. The van der Waals surface area contributed by atoms with Crippen molar-refractivity contribution >= 4 is 22.9 Å². The lowest BCUT2D eigenvalue weighted by Crippen LogP contribution is -2.34. The van der Waals surface area contributed by atoms with Crippen LogP contribution >= 0.6 is 11.3 Å². The highest BCUT2D eigenvalue weighted by atomic mass is 32.1. The molecule has 0 aliphatic heterocycles. The minimum absolute atomic E-state index is 0.0490. The zero-order valence-electron chi connectivity index (χ0n) is 10.6. The van der Waals surface area contributed by atoms with Crippen molar-refractivity contribution in [1.82, 2.24) is 10.3 Å².